The molecular weight excluding hydrogens is 316 g/mol. The lowest BCUT2D eigenvalue weighted by Gasteiger charge is -2.05. The maximum Gasteiger partial charge on any atom is 0.309 e. The van der Waals surface area contributed by atoms with Crippen LogP contribution in [0.15, 0.2) is 29.3 Å². The van der Waals surface area contributed by atoms with Gasteiger partial charge in [-0.2, -0.15) is 0 Å². The van der Waals surface area contributed by atoms with E-state index in [2.05, 4.69) is 4.99 Å². The number of carbonyl (C=O) groups excluding carboxylic acids is 2. The molecule has 2 rings (SSSR count). The molecule has 6 nitrogen and oxygen atoms in total. The molecule has 0 radical (unpaired) electrons. The summed E-state index contributed by atoms with van der Waals surface area (Å²) in [4.78, 5) is 29.0. The van der Waals surface area contributed by atoms with E-state index in [9.17, 15) is 9.59 Å². The van der Waals surface area contributed by atoms with Crippen molar-refractivity contribution in [3.8, 4) is 11.6 Å². The molecule has 2 aromatic rings. The van der Waals surface area contributed by atoms with Gasteiger partial charge in [0.2, 0.25) is 11.8 Å². The molecule has 0 aliphatic rings. The summed E-state index contributed by atoms with van der Waals surface area (Å²) in [7, 11) is 1.59. The van der Waals surface area contributed by atoms with Crippen LogP contribution in [0, 0.1) is 0 Å². The van der Waals surface area contributed by atoms with E-state index >= 15 is 0 Å². The third kappa shape index (κ3) is 3.87. The zero-order valence-electron chi connectivity index (χ0n) is 13.5. The van der Waals surface area contributed by atoms with Crippen LogP contribution in [0.25, 0.3) is 0 Å². The number of aryl methyl sites for hydroxylation is 1. The first-order valence-corrected chi connectivity index (χ1v) is 7.90. The first-order chi connectivity index (χ1) is 11.0. The van der Waals surface area contributed by atoms with Gasteiger partial charge in [-0.15, -0.1) is 0 Å². The maximum atomic E-state index is 12.0. The molecule has 0 N–H and O–H groups in total. The van der Waals surface area contributed by atoms with Gasteiger partial charge in [0.1, 0.15) is 5.75 Å². The minimum absolute atomic E-state index is 0.254. The third-order valence-electron chi connectivity index (χ3n) is 3.02. The zero-order valence-corrected chi connectivity index (χ0v) is 14.3. The molecule has 0 bridgehead atoms. The predicted octanol–water partition coefficient (Wildman–Crippen LogP) is 2.94. The van der Waals surface area contributed by atoms with Gasteiger partial charge in [0, 0.05) is 13.8 Å². The lowest BCUT2D eigenvalue weighted by molar-refractivity contribution is -0.132. The van der Waals surface area contributed by atoms with Crippen molar-refractivity contribution in [2.45, 2.75) is 27.2 Å². The van der Waals surface area contributed by atoms with E-state index in [0.717, 1.165) is 10.6 Å². The maximum absolute atomic E-state index is 12.0. The Hall–Kier alpha value is -2.41. The van der Waals surface area contributed by atoms with Gasteiger partial charge in [0.15, 0.2) is 4.80 Å². The number of esters is 1. The number of thiazole rings is 1. The molecule has 0 atom stereocenters. The number of rotatable bonds is 4. The lowest BCUT2D eigenvalue weighted by Crippen LogP contribution is -2.22. The van der Waals surface area contributed by atoms with E-state index in [1.807, 2.05) is 6.92 Å². The Morgan fingerprint density at radius 1 is 1.22 bits per heavy atom. The smallest absolute Gasteiger partial charge is 0.309 e. The number of carbonyl (C=O) groups is 2. The molecular formula is C16H18N2O4S. The fraction of sp³-hybridized carbons (Fsp3) is 0.312. The summed E-state index contributed by atoms with van der Waals surface area (Å²) in [6.45, 7) is 4.65. The number of nitrogens with zero attached hydrogens (tertiary/aromatic N) is 2. The van der Waals surface area contributed by atoms with Gasteiger partial charge in [-0.1, -0.05) is 18.3 Å². The van der Waals surface area contributed by atoms with Crippen molar-refractivity contribution < 1.29 is 19.1 Å². The summed E-state index contributed by atoms with van der Waals surface area (Å²) in [5, 5.41) is 0. The summed E-state index contributed by atoms with van der Waals surface area (Å²) in [6.07, 6.45) is 0.638. The summed E-state index contributed by atoms with van der Waals surface area (Å²) in [5.74, 6) is 0.252. The fourth-order valence-corrected chi connectivity index (χ4v) is 3.03. The first kappa shape index (κ1) is 17.0. The summed E-state index contributed by atoms with van der Waals surface area (Å²) in [6, 6.07) is 7.16. The molecule has 23 heavy (non-hydrogen) atoms. The Bertz CT molecular complexity index is 787. The standard InChI is InChI=1S/C16H18N2O4S/c1-5-14-15(22-11(3)20)18(10(2)19)16(23-14)17-12-6-8-13(21-4)9-7-12/h6-9H,5H2,1-4H3. The fourth-order valence-electron chi connectivity index (χ4n) is 1.99. The van der Waals surface area contributed by atoms with Crippen molar-refractivity contribution in [2.24, 2.45) is 4.99 Å². The Labute approximate surface area is 138 Å². The van der Waals surface area contributed by atoms with Crippen molar-refractivity contribution >= 4 is 28.9 Å². The lowest BCUT2D eigenvalue weighted by atomic mass is 10.3. The number of hydrogen-bond acceptors (Lipinski definition) is 6. The van der Waals surface area contributed by atoms with Crippen molar-refractivity contribution in [1.82, 2.24) is 4.57 Å². The second kappa shape index (κ2) is 7.23. The van der Waals surface area contributed by atoms with Gasteiger partial charge in [0.25, 0.3) is 0 Å². The molecule has 0 saturated carbocycles. The highest BCUT2D eigenvalue weighted by molar-refractivity contribution is 7.09. The highest BCUT2D eigenvalue weighted by Crippen LogP contribution is 2.24. The van der Waals surface area contributed by atoms with Gasteiger partial charge in [-0.25, -0.2) is 9.56 Å². The van der Waals surface area contributed by atoms with Gasteiger partial charge >= 0.3 is 5.97 Å². The van der Waals surface area contributed by atoms with E-state index in [-0.39, 0.29) is 11.8 Å². The highest BCUT2D eigenvalue weighted by Gasteiger charge is 2.18. The SMILES string of the molecule is CCc1sc(=Nc2ccc(OC)cc2)n(C(C)=O)c1OC(C)=O. The van der Waals surface area contributed by atoms with E-state index < -0.39 is 5.97 Å². The Morgan fingerprint density at radius 3 is 2.35 bits per heavy atom. The molecule has 7 heteroatoms. The van der Waals surface area contributed by atoms with E-state index in [4.69, 9.17) is 9.47 Å². The molecule has 0 spiro atoms. The van der Waals surface area contributed by atoms with Crippen molar-refractivity contribution in [3.05, 3.63) is 33.9 Å². The molecule has 0 unspecified atom stereocenters. The number of ether oxygens (including phenoxy) is 2. The van der Waals surface area contributed by atoms with Crippen LogP contribution in [-0.4, -0.2) is 23.6 Å². The van der Waals surface area contributed by atoms with Crippen molar-refractivity contribution in [1.29, 1.82) is 0 Å². The Kier molecular flexibility index (Phi) is 5.33. The second-order valence-corrected chi connectivity index (χ2v) is 5.79. The van der Waals surface area contributed by atoms with E-state index in [1.54, 1.807) is 31.4 Å². The van der Waals surface area contributed by atoms with Crippen LogP contribution in [0.2, 0.25) is 0 Å². The Morgan fingerprint density at radius 2 is 1.87 bits per heavy atom. The van der Waals surface area contributed by atoms with Crippen LogP contribution in [0.5, 0.6) is 11.6 Å². The molecule has 0 fully saturated rings. The average molecular weight is 334 g/mol. The molecule has 1 aromatic heterocycles. The average Bonchev–Trinajstić information content (AvgIpc) is 2.84. The van der Waals surface area contributed by atoms with Crippen LogP contribution in [0.4, 0.5) is 5.69 Å². The molecule has 1 heterocycles. The van der Waals surface area contributed by atoms with Gasteiger partial charge in [0.05, 0.1) is 17.7 Å². The Balaban J connectivity index is 2.60. The van der Waals surface area contributed by atoms with Crippen molar-refractivity contribution in [2.75, 3.05) is 7.11 Å². The highest BCUT2D eigenvalue weighted by atomic mass is 32.1. The van der Waals surface area contributed by atoms with E-state index in [0.29, 0.717) is 16.9 Å². The second-order valence-electron chi connectivity index (χ2n) is 4.72. The summed E-state index contributed by atoms with van der Waals surface area (Å²) >= 11 is 1.33. The van der Waals surface area contributed by atoms with Crippen LogP contribution in [-0.2, 0) is 11.2 Å². The topological polar surface area (TPSA) is 69.9 Å². The van der Waals surface area contributed by atoms with Gasteiger partial charge in [-0.3, -0.25) is 9.59 Å². The molecule has 122 valence electrons. The monoisotopic (exact) mass is 334 g/mol. The summed E-state index contributed by atoms with van der Waals surface area (Å²) < 4.78 is 11.7. The molecule has 0 aliphatic carbocycles. The normalized spacial score (nSPS) is 11.4. The predicted molar refractivity (Wildman–Crippen MR) is 87.5 cm³/mol. The van der Waals surface area contributed by atoms with Gasteiger partial charge in [-0.05, 0) is 30.7 Å². The first-order valence-electron chi connectivity index (χ1n) is 7.09. The van der Waals surface area contributed by atoms with Crippen molar-refractivity contribution in [3.63, 3.8) is 0 Å². The third-order valence-corrected chi connectivity index (χ3v) is 4.19. The molecule has 0 saturated heterocycles. The van der Waals surface area contributed by atoms with Crippen LogP contribution < -0.4 is 14.3 Å². The number of aromatic nitrogens is 1. The molecule has 0 amide bonds. The van der Waals surface area contributed by atoms with Crippen LogP contribution in [0.1, 0.15) is 30.4 Å². The minimum Gasteiger partial charge on any atom is -0.497 e. The largest absolute Gasteiger partial charge is 0.497 e. The zero-order chi connectivity index (χ0) is 17.0. The number of hydrogen-bond donors (Lipinski definition) is 0. The number of methoxy groups -OCH3 is 1. The quantitative estimate of drug-likeness (QED) is 0.806. The van der Waals surface area contributed by atoms with Crippen LogP contribution >= 0.6 is 11.3 Å². The number of benzene rings is 1. The molecule has 1 aromatic carbocycles. The van der Waals surface area contributed by atoms with E-state index in [1.165, 1.54) is 29.8 Å². The minimum atomic E-state index is -0.469. The summed E-state index contributed by atoms with van der Waals surface area (Å²) in [5.41, 5.74) is 0.680. The van der Waals surface area contributed by atoms with Gasteiger partial charge < -0.3 is 9.47 Å². The van der Waals surface area contributed by atoms with Crippen LogP contribution in [0.3, 0.4) is 0 Å². The molecule has 0 aliphatic heterocycles.